The van der Waals surface area contributed by atoms with Crippen LogP contribution in [0, 0.1) is 0 Å². The van der Waals surface area contributed by atoms with Crippen LogP contribution in [0.5, 0.6) is 0 Å². The molecule has 3 heterocycles. The Morgan fingerprint density at radius 1 is 1.24 bits per heavy atom. The van der Waals surface area contributed by atoms with Gasteiger partial charge in [-0.2, -0.15) is 5.10 Å². The van der Waals surface area contributed by atoms with Crippen molar-refractivity contribution in [3.05, 3.63) is 23.0 Å². The van der Waals surface area contributed by atoms with Gasteiger partial charge in [0, 0.05) is 18.6 Å². The molecule has 2 aliphatic rings. The zero-order valence-electron chi connectivity index (χ0n) is 9.59. The number of aliphatic hydroxyl groups excluding tert-OH is 1. The van der Waals surface area contributed by atoms with E-state index in [1.807, 2.05) is 6.07 Å². The standard InChI is InChI=1S/C12H16ClN3O/c13-12-4-1-8(14-15-12)7-16-9-2-3-10(16)6-11(17)5-9/h1,4,9-11,17H,2-3,5-7H2. The minimum Gasteiger partial charge on any atom is -0.393 e. The summed E-state index contributed by atoms with van der Waals surface area (Å²) >= 11 is 5.72. The number of piperidine rings is 1. The van der Waals surface area contributed by atoms with Gasteiger partial charge >= 0.3 is 0 Å². The molecule has 0 aliphatic carbocycles. The van der Waals surface area contributed by atoms with Crippen LogP contribution in [0.15, 0.2) is 12.1 Å². The maximum Gasteiger partial charge on any atom is 0.151 e. The zero-order valence-corrected chi connectivity index (χ0v) is 10.3. The van der Waals surface area contributed by atoms with Gasteiger partial charge in [0.2, 0.25) is 0 Å². The number of rotatable bonds is 2. The molecule has 0 aromatic carbocycles. The summed E-state index contributed by atoms with van der Waals surface area (Å²) in [5.74, 6) is 0. The van der Waals surface area contributed by atoms with E-state index in [0.29, 0.717) is 17.2 Å². The fraction of sp³-hybridized carbons (Fsp3) is 0.667. The van der Waals surface area contributed by atoms with Crippen molar-refractivity contribution in [2.75, 3.05) is 0 Å². The highest BCUT2D eigenvalue weighted by molar-refractivity contribution is 6.29. The first-order chi connectivity index (χ1) is 8.22. The minimum absolute atomic E-state index is 0.111. The summed E-state index contributed by atoms with van der Waals surface area (Å²) in [5.41, 5.74) is 0.961. The van der Waals surface area contributed by atoms with E-state index >= 15 is 0 Å². The first-order valence-corrected chi connectivity index (χ1v) is 6.52. The van der Waals surface area contributed by atoms with Crippen molar-refractivity contribution in [1.29, 1.82) is 0 Å². The van der Waals surface area contributed by atoms with Gasteiger partial charge in [0.1, 0.15) is 0 Å². The lowest BCUT2D eigenvalue weighted by atomic mass is 10.00. The van der Waals surface area contributed by atoms with Gasteiger partial charge in [0.05, 0.1) is 11.8 Å². The second-order valence-electron chi connectivity index (χ2n) is 5.03. The monoisotopic (exact) mass is 253 g/mol. The van der Waals surface area contributed by atoms with Crippen LogP contribution in [0.2, 0.25) is 5.15 Å². The molecule has 0 radical (unpaired) electrons. The van der Waals surface area contributed by atoms with Crippen LogP contribution in [0.4, 0.5) is 0 Å². The molecule has 1 N–H and O–H groups in total. The molecule has 1 aromatic heterocycles. The molecule has 2 unspecified atom stereocenters. The summed E-state index contributed by atoms with van der Waals surface area (Å²) in [6, 6.07) is 4.74. The van der Waals surface area contributed by atoms with E-state index in [2.05, 4.69) is 15.1 Å². The predicted molar refractivity (Wildman–Crippen MR) is 64.6 cm³/mol. The number of aromatic nitrogens is 2. The third-order valence-corrected chi connectivity index (χ3v) is 4.09. The summed E-state index contributed by atoms with van der Waals surface area (Å²) in [6.07, 6.45) is 4.08. The Hall–Kier alpha value is -0.710. The first-order valence-electron chi connectivity index (χ1n) is 6.14. The smallest absolute Gasteiger partial charge is 0.151 e. The van der Waals surface area contributed by atoms with Gasteiger partial charge in [-0.1, -0.05) is 11.6 Å². The average Bonchev–Trinajstić information content (AvgIpc) is 2.56. The molecule has 2 bridgehead atoms. The fourth-order valence-corrected chi connectivity index (χ4v) is 3.22. The Morgan fingerprint density at radius 2 is 1.94 bits per heavy atom. The number of nitrogens with zero attached hydrogens (tertiary/aromatic N) is 3. The molecule has 2 aliphatic heterocycles. The molecule has 2 fully saturated rings. The average molecular weight is 254 g/mol. The molecule has 2 saturated heterocycles. The third-order valence-electron chi connectivity index (χ3n) is 3.89. The van der Waals surface area contributed by atoms with Gasteiger partial charge in [0.15, 0.2) is 5.15 Å². The highest BCUT2D eigenvalue weighted by atomic mass is 35.5. The van der Waals surface area contributed by atoms with Crippen molar-refractivity contribution < 1.29 is 5.11 Å². The molecule has 92 valence electrons. The fourth-order valence-electron chi connectivity index (χ4n) is 3.12. The maximum atomic E-state index is 9.74. The maximum absolute atomic E-state index is 9.74. The van der Waals surface area contributed by atoms with Gasteiger partial charge in [-0.25, -0.2) is 0 Å². The zero-order chi connectivity index (χ0) is 11.8. The number of hydrogen-bond acceptors (Lipinski definition) is 4. The van der Waals surface area contributed by atoms with Gasteiger partial charge in [-0.05, 0) is 37.8 Å². The van der Waals surface area contributed by atoms with Gasteiger partial charge in [-0.15, -0.1) is 5.10 Å². The number of fused-ring (bicyclic) bond motifs is 2. The third kappa shape index (κ3) is 2.30. The van der Waals surface area contributed by atoms with E-state index in [1.54, 1.807) is 6.07 Å². The van der Waals surface area contributed by atoms with E-state index in [4.69, 9.17) is 11.6 Å². The predicted octanol–water partition coefficient (Wildman–Crippen LogP) is 1.62. The second-order valence-corrected chi connectivity index (χ2v) is 5.42. The van der Waals surface area contributed by atoms with Crippen molar-refractivity contribution >= 4 is 11.6 Å². The topological polar surface area (TPSA) is 49.2 Å². The van der Waals surface area contributed by atoms with Gasteiger partial charge in [0.25, 0.3) is 0 Å². The van der Waals surface area contributed by atoms with Gasteiger partial charge in [-0.3, -0.25) is 4.90 Å². The van der Waals surface area contributed by atoms with E-state index in [0.717, 1.165) is 25.1 Å². The molecule has 5 heteroatoms. The molecule has 0 amide bonds. The Labute approximate surface area is 106 Å². The van der Waals surface area contributed by atoms with Crippen molar-refractivity contribution in [3.63, 3.8) is 0 Å². The number of aliphatic hydroxyl groups is 1. The minimum atomic E-state index is -0.111. The van der Waals surface area contributed by atoms with Crippen LogP contribution in [0.3, 0.4) is 0 Å². The molecule has 3 rings (SSSR count). The summed E-state index contributed by atoms with van der Waals surface area (Å²) in [6.45, 7) is 0.826. The van der Waals surface area contributed by atoms with Crippen molar-refractivity contribution in [2.45, 2.75) is 50.4 Å². The lowest BCUT2D eigenvalue weighted by molar-refractivity contribution is 0.0302. The molecule has 0 spiro atoms. The molecule has 2 atom stereocenters. The van der Waals surface area contributed by atoms with E-state index < -0.39 is 0 Å². The summed E-state index contributed by atoms with van der Waals surface area (Å²) in [4.78, 5) is 2.46. The van der Waals surface area contributed by atoms with Crippen molar-refractivity contribution in [3.8, 4) is 0 Å². The summed E-state index contributed by atoms with van der Waals surface area (Å²) < 4.78 is 0. The van der Waals surface area contributed by atoms with Crippen LogP contribution in [-0.4, -0.2) is 38.4 Å². The Bertz CT molecular complexity index is 383. The lowest BCUT2D eigenvalue weighted by Gasteiger charge is -2.36. The largest absolute Gasteiger partial charge is 0.393 e. The first kappa shape index (κ1) is 11.4. The van der Waals surface area contributed by atoms with E-state index in [1.165, 1.54) is 12.8 Å². The van der Waals surface area contributed by atoms with Crippen LogP contribution in [0.25, 0.3) is 0 Å². The van der Waals surface area contributed by atoms with Crippen LogP contribution < -0.4 is 0 Å². The van der Waals surface area contributed by atoms with Crippen molar-refractivity contribution in [1.82, 2.24) is 15.1 Å². The normalized spacial score (nSPS) is 32.9. The highest BCUT2D eigenvalue weighted by Crippen LogP contribution is 2.36. The SMILES string of the molecule is OC1CC2CCC(C1)N2Cc1ccc(Cl)nn1. The molecular weight excluding hydrogens is 238 g/mol. The molecule has 4 nitrogen and oxygen atoms in total. The van der Waals surface area contributed by atoms with E-state index in [-0.39, 0.29) is 6.10 Å². The number of hydrogen-bond donors (Lipinski definition) is 1. The second kappa shape index (κ2) is 4.52. The van der Waals surface area contributed by atoms with Crippen LogP contribution >= 0.6 is 11.6 Å². The molecule has 17 heavy (non-hydrogen) atoms. The Kier molecular flexibility index (Phi) is 3.03. The number of halogens is 1. The van der Waals surface area contributed by atoms with Gasteiger partial charge < -0.3 is 5.11 Å². The summed E-state index contributed by atoms with van der Waals surface area (Å²) in [5, 5.41) is 18.1. The Morgan fingerprint density at radius 3 is 2.53 bits per heavy atom. The molecule has 0 saturated carbocycles. The Balaban J connectivity index is 1.72. The summed E-state index contributed by atoms with van der Waals surface area (Å²) in [7, 11) is 0. The molecular formula is C12H16ClN3O. The quantitative estimate of drug-likeness (QED) is 0.870. The van der Waals surface area contributed by atoms with Crippen molar-refractivity contribution in [2.24, 2.45) is 0 Å². The lowest BCUT2D eigenvalue weighted by Crippen LogP contribution is -2.44. The molecule has 1 aromatic rings. The van der Waals surface area contributed by atoms with Crippen LogP contribution in [-0.2, 0) is 6.54 Å². The van der Waals surface area contributed by atoms with E-state index in [9.17, 15) is 5.11 Å². The van der Waals surface area contributed by atoms with Crippen LogP contribution in [0.1, 0.15) is 31.4 Å². The highest BCUT2D eigenvalue weighted by Gasteiger charge is 2.40.